The molecule has 0 atom stereocenters. The van der Waals surface area contributed by atoms with Gasteiger partial charge >= 0.3 is 5.97 Å². The number of carbonyl (C=O) groups is 1. The van der Waals surface area contributed by atoms with E-state index in [1.807, 2.05) is 20.8 Å². The van der Waals surface area contributed by atoms with E-state index in [1.165, 1.54) is 47.3 Å². The second-order valence-corrected chi connectivity index (χ2v) is 11.1. The summed E-state index contributed by atoms with van der Waals surface area (Å²) in [7, 11) is -3.74. The lowest BCUT2D eigenvalue weighted by molar-refractivity contribution is 0.0464. The smallest absolute Gasteiger partial charge is 0.348 e. The van der Waals surface area contributed by atoms with Gasteiger partial charge in [-0.3, -0.25) is 4.72 Å². The summed E-state index contributed by atoms with van der Waals surface area (Å²) in [4.78, 5) is 26.3. The molecule has 33 heavy (non-hydrogen) atoms. The molecule has 172 valence electrons. The van der Waals surface area contributed by atoms with Crippen LogP contribution in [0.3, 0.4) is 0 Å². The van der Waals surface area contributed by atoms with Crippen LogP contribution >= 0.6 is 22.7 Å². The summed E-state index contributed by atoms with van der Waals surface area (Å²) in [6.07, 6.45) is 2.94. The van der Waals surface area contributed by atoms with Crippen molar-refractivity contribution in [3.05, 3.63) is 52.6 Å². The molecule has 3 heterocycles. The first-order valence-electron chi connectivity index (χ1n) is 9.95. The molecule has 0 bridgehead atoms. The molecule has 0 fully saturated rings. The van der Waals surface area contributed by atoms with E-state index in [1.54, 1.807) is 17.5 Å². The van der Waals surface area contributed by atoms with Crippen molar-refractivity contribution in [3.63, 3.8) is 0 Å². The van der Waals surface area contributed by atoms with Crippen LogP contribution in [0.15, 0.2) is 47.1 Å². The number of sulfonamides is 1. The summed E-state index contributed by atoms with van der Waals surface area (Å²) in [6.45, 7) is 6.13. The van der Waals surface area contributed by atoms with E-state index in [2.05, 4.69) is 25.0 Å². The number of aryl methyl sites for hydroxylation is 1. The Hall–Kier alpha value is -3.09. The van der Waals surface area contributed by atoms with Gasteiger partial charge in [-0.1, -0.05) is 13.8 Å². The monoisotopic (exact) mass is 503 g/mol. The van der Waals surface area contributed by atoms with E-state index in [4.69, 9.17) is 4.74 Å². The van der Waals surface area contributed by atoms with E-state index < -0.39 is 10.0 Å². The van der Waals surface area contributed by atoms with E-state index in [-0.39, 0.29) is 16.8 Å². The number of carbonyl (C=O) groups excluding carboxylic acids is 1. The van der Waals surface area contributed by atoms with E-state index in [0.29, 0.717) is 33.0 Å². The Bertz CT molecular complexity index is 1380. The minimum atomic E-state index is -3.74. The molecule has 12 heteroatoms. The van der Waals surface area contributed by atoms with Crippen LogP contribution in [-0.4, -0.2) is 35.9 Å². The molecule has 4 rings (SSSR count). The normalized spacial score (nSPS) is 11.6. The number of aromatic nitrogens is 3. The largest absolute Gasteiger partial charge is 0.461 e. The van der Waals surface area contributed by atoms with Crippen LogP contribution in [0.4, 0.5) is 16.6 Å². The molecule has 0 aliphatic heterocycles. The predicted molar refractivity (Wildman–Crippen MR) is 130 cm³/mol. The minimum Gasteiger partial charge on any atom is -0.461 e. The maximum Gasteiger partial charge on any atom is 0.348 e. The average molecular weight is 504 g/mol. The number of benzene rings is 1. The van der Waals surface area contributed by atoms with Gasteiger partial charge in [-0.15, -0.1) is 22.7 Å². The Morgan fingerprint density at radius 1 is 1.15 bits per heavy atom. The number of ether oxygens (including phenoxy) is 1. The van der Waals surface area contributed by atoms with Gasteiger partial charge in [0.05, 0.1) is 16.9 Å². The molecule has 0 aliphatic carbocycles. The highest BCUT2D eigenvalue weighted by molar-refractivity contribution is 7.93. The first-order chi connectivity index (χ1) is 15.7. The van der Waals surface area contributed by atoms with Gasteiger partial charge in [-0.05, 0) is 42.7 Å². The first kappa shape index (κ1) is 23.1. The predicted octanol–water partition coefficient (Wildman–Crippen LogP) is 4.81. The van der Waals surface area contributed by atoms with E-state index in [0.717, 1.165) is 10.9 Å². The molecule has 1 aromatic carbocycles. The van der Waals surface area contributed by atoms with Crippen molar-refractivity contribution >= 4 is 65.5 Å². The van der Waals surface area contributed by atoms with Crippen molar-refractivity contribution < 1.29 is 17.9 Å². The second-order valence-electron chi connectivity index (χ2n) is 7.54. The van der Waals surface area contributed by atoms with Crippen molar-refractivity contribution in [1.82, 2.24) is 15.0 Å². The molecule has 0 amide bonds. The molecule has 0 unspecified atom stereocenters. The Morgan fingerprint density at radius 2 is 1.91 bits per heavy atom. The second kappa shape index (κ2) is 9.41. The van der Waals surface area contributed by atoms with Gasteiger partial charge in [-0.25, -0.2) is 28.2 Å². The summed E-state index contributed by atoms with van der Waals surface area (Å²) in [6, 6.07) is 6.27. The van der Waals surface area contributed by atoms with Crippen LogP contribution in [0.2, 0.25) is 0 Å². The third kappa shape index (κ3) is 5.13. The fourth-order valence-electron chi connectivity index (χ4n) is 2.97. The molecule has 4 aromatic rings. The topological polar surface area (TPSA) is 123 Å². The molecule has 0 saturated carbocycles. The van der Waals surface area contributed by atoms with Crippen LogP contribution in [0.25, 0.3) is 10.2 Å². The number of thiophene rings is 1. The number of esters is 1. The van der Waals surface area contributed by atoms with Crippen molar-refractivity contribution in [2.45, 2.75) is 25.7 Å². The highest BCUT2D eigenvalue weighted by Gasteiger charge is 2.21. The Balaban J connectivity index is 1.57. The van der Waals surface area contributed by atoms with Crippen molar-refractivity contribution in [2.75, 3.05) is 16.6 Å². The molecule has 3 aromatic heterocycles. The lowest BCUT2D eigenvalue weighted by atomic mass is 10.2. The maximum atomic E-state index is 12.5. The number of thiazole rings is 1. The molecular weight excluding hydrogens is 482 g/mol. The molecule has 9 nitrogen and oxygen atoms in total. The van der Waals surface area contributed by atoms with Crippen molar-refractivity contribution in [1.29, 1.82) is 0 Å². The van der Waals surface area contributed by atoms with Gasteiger partial charge in [0.25, 0.3) is 10.0 Å². The summed E-state index contributed by atoms with van der Waals surface area (Å²) in [5.74, 6) is 0.384. The zero-order valence-corrected chi connectivity index (χ0v) is 20.5. The zero-order valence-electron chi connectivity index (χ0n) is 18.0. The number of hydrogen-bond acceptors (Lipinski definition) is 10. The molecule has 0 saturated heterocycles. The lowest BCUT2D eigenvalue weighted by Crippen LogP contribution is -2.12. The molecular formula is C21H21N5O4S3. The van der Waals surface area contributed by atoms with Crippen LogP contribution in [0, 0.1) is 12.8 Å². The zero-order chi connectivity index (χ0) is 23.6. The third-order valence-electron chi connectivity index (χ3n) is 4.54. The van der Waals surface area contributed by atoms with Gasteiger partial charge in [0.15, 0.2) is 5.13 Å². The highest BCUT2D eigenvalue weighted by Crippen LogP contribution is 2.35. The SMILES string of the molecule is Cc1c(C(=O)OCC(C)C)sc2ncnc(Nc3ccc(S(=O)(=O)Nc4nccs4)cc3)c12. The number of fused-ring (bicyclic) bond motifs is 1. The standard InChI is InChI=1S/C21H21N5O4S3/c1-12(2)10-30-20(27)17-13(3)16-18(23-11-24-19(16)32-17)25-14-4-6-15(7-5-14)33(28,29)26-21-22-8-9-31-21/h4-9,11-12H,10H2,1-3H3,(H,22,26)(H,23,24,25). The summed E-state index contributed by atoms with van der Waals surface area (Å²) >= 11 is 2.46. The summed E-state index contributed by atoms with van der Waals surface area (Å²) in [5.41, 5.74) is 1.37. The third-order valence-corrected chi connectivity index (χ3v) is 7.89. The summed E-state index contributed by atoms with van der Waals surface area (Å²) < 4.78 is 32.9. The first-order valence-corrected chi connectivity index (χ1v) is 13.1. The fraction of sp³-hybridized carbons (Fsp3) is 0.238. The quantitative estimate of drug-likeness (QED) is 0.328. The van der Waals surface area contributed by atoms with E-state index >= 15 is 0 Å². The van der Waals surface area contributed by atoms with Crippen LogP contribution < -0.4 is 10.0 Å². The number of nitrogens with one attached hydrogen (secondary N) is 2. The summed E-state index contributed by atoms with van der Waals surface area (Å²) in [5, 5.41) is 5.91. The number of nitrogens with zero attached hydrogens (tertiary/aromatic N) is 3. The van der Waals surface area contributed by atoms with Gasteiger partial charge in [0.1, 0.15) is 21.9 Å². The number of rotatable bonds is 8. The molecule has 2 N–H and O–H groups in total. The number of hydrogen-bond donors (Lipinski definition) is 2. The number of anilines is 3. The van der Waals surface area contributed by atoms with E-state index in [9.17, 15) is 13.2 Å². The molecule has 0 aliphatic rings. The van der Waals surface area contributed by atoms with Crippen LogP contribution in [0.5, 0.6) is 0 Å². The van der Waals surface area contributed by atoms with Gasteiger partial charge < -0.3 is 10.1 Å². The van der Waals surface area contributed by atoms with Crippen molar-refractivity contribution in [3.8, 4) is 0 Å². The van der Waals surface area contributed by atoms with Crippen molar-refractivity contribution in [2.24, 2.45) is 5.92 Å². The lowest BCUT2D eigenvalue weighted by Gasteiger charge is -2.09. The van der Waals surface area contributed by atoms with Crippen LogP contribution in [0.1, 0.15) is 29.1 Å². The van der Waals surface area contributed by atoms with Crippen LogP contribution in [-0.2, 0) is 14.8 Å². The Kier molecular flexibility index (Phi) is 6.58. The Morgan fingerprint density at radius 3 is 2.58 bits per heavy atom. The maximum absolute atomic E-state index is 12.5. The molecule has 0 radical (unpaired) electrons. The Labute approximate surface area is 198 Å². The minimum absolute atomic E-state index is 0.109. The fourth-order valence-corrected chi connectivity index (χ4v) is 5.80. The van der Waals surface area contributed by atoms with Gasteiger partial charge in [0, 0.05) is 17.3 Å². The average Bonchev–Trinajstić information content (AvgIpc) is 3.40. The molecule has 0 spiro atoms. The highest BCUT2D eigenvalue weighted by atomic mass is 32.2. The van der Waals surface area contributed by atoms with Gasteiger partial charge in [0.2, 0.25) is 0 Å². The van der Waals surface area contributed by atoms with Gasteiger partial charge in [-0.2, -0.15) is 0 Å².